The number of aryl methyl sites for hydroxylation is 1. The largest absolute Gasteiger partial charge is 0.367 e. The van der Waals surface area contributed by atoms with E-state index in [0.29, 0.717) is 6.04 Å². The van der Waals surface area contributed by atoms with Gasteiger partial charge in [0.25, 0.3) is 0 Å². The highest BCUT2D eigenvalue weighted by molar-refractivity contribution is 7.16. The monoisotopic (exact) mass is 297 g/mol. The molecule has 0 aliphatic rings. The first-order valence-corrected chi connectivity index (χ1v) is 8.16. The highest BCUT2D eigenvalue weighted by Crippen LogP contribution is 2.24. The molecule has 0 spiro atoms. The molecule has 3 aromatic rings. The SMILES string of the molecule is CCc1ccc(CC(C)Nc2ncnc3sccc23)cc1. The molecular weight excluding hydrogens is 278 g/mol. The molecule has 3 nitrogen and oxygen atoms in total. The van der Waals surface area contributed by atoms with Crippen LogP contribution in [0.15, 0.2) is 42.0 Å². The van der Waals surface area contributed by atoms with Gasteiger partial charge in [0.05, 0.1) is 5.39 Å². The summed E-state index contributed by atoms with van der Waals surface area (Å²) in [5.41, 5.74) is 2.73. The van der Waals surface area contributed by atoms with E-state index in [1.807, 2.05) is 0 Å². The van der Waals surface area contributed by atoms with Crippen LogP contribution >= 0.6 is 11.3 Å². The van der Waals surface area contributed by atoms with E-state index in [2.05, 4.69) is 64.8 Å². The second-order valence-corrected chi connectivity index (χ2v) is 6.18. The summed E-state index contributed by atoms with van der Waals surface area (Å²) in [7, 11) is 0. The number of rotatable bonds is 5. The van der Waals surface area contributed by atoms with E-state index in [9.17, 15) is 0 Å². The molecule has 1 unspecified atom stereocenters. The minimum Gasteiger partial charge on any atom is -0.367 e. The van der Waals surface area contributed by atoms with Crippen molar-refractivity contribution in [3.8, 4) is 0 Å². The first kappa shape index (κ1) is 14.0. The van der Waals surface area contributed by atoms with Crippen LogP contribution in [-0.2, 0) is 12.8 Å². The zero-order valence-electron chi connectivity index (χ0n) is 12.3. The quantitative estimate of drug-likeness (QED) is 0.763. The molecule has 1 N–H and O–H groups in total. The Kier molecular flexibility index (Phi) is 4.15. The summed E-state index contributed by atoms with van der Waals surface area (Å²) >= 11 is 1.65. The summed E-state index contributed by atoms with van der Waals surface area (Å²) in [4.78, 5) is 9.69. The molecule has 108 valence electrons. The summed E-state index contributed by atoms with van der Waals surface area (Å²) < 4.78 is 0. The average molecular weight is 297 g/mol. The van der Waals surface area contributed by atoms with Gasteiger partial charge in [-0.2, -0.15) is 0 Å². The Bertz CT molecular complexity index is 718. The summed E-state index contributed by atoms with van der Waals surface area (Å²) in [6.45, 7) is 4.37. The summed E-state index contributed by atoms with van der Waals surface area (Å²) in [5, 5.41) is 6.66. The van der Waals surface area contributed by atoms with Gasteiger partial charge in [0.1, 0.15) is 17.0 Å². The average Bonchev–Trinajstić information content (AvgIpc) is 2.97. The fourth-order valence-electron chi connectivity index (χ4n) is 2.45. The maximum absolute atomic E-state index is 4.37. The van der Waals surface area contributed by atoms with Crippen LogP contribution in [0.1, 0.15) is 25.0 Å². The van der Waals surface area contributed by atoms with Crippen molar-refractivity contribution < 1.29 is 0 Å². The van der Waals surface area contributed by atoms with E-state index in [1.165, 1.54) is 11.1 Å². The molecule has 0 bridgehead atoms. The number of benzene rings is 1. The lowest BCUT2D eigenvalue weighted by Gasteiger charge is -2.15. The van der Waals surface area contributed by atoms with Gasteiger partial charge in [-0.05, 0) is 42.3 Å². The number of thiophene rings is 1. The Labute approximate surface area is 129 Å². The van der Waals surface area contributed by atoms with Crippen molar-refractivity contribution in [2.24, 2.45) is 0 Å². The van der Waals surface area contributed by atoms with E-state index in [0.717, 1.165) is 28.9 Å². The number of aromatic nitrogens is 2. The molecule has 0 saturated heterocycles. The predicted molar refractivity (Wildman–Crippen MR) is 90.0 cm³/mol. The maximum atomic E-state index is 4.37. The Hall–Kier alpha value is -1.94. The van der Waals surface area contributed by atoms with Crippen LogP contribution in [0.3, 0.4) is 0 Å². The molecule has 1 aromatic carbocycles. The maximum Gasteiger partial charge on any atom is 0.138 e. The number of nitrogens with zero attached hydrogens (tertiary/aromatic N) is 2. The normalized spacial score (nSPS) is 12.5. The van der Waals surface area contributed by atoms with Crippen LogP contribution in [0.25, 0.3) is 10.2 Å². The first-order valence-electron chi connectivity index (χ1n) is 7.29. The Balaban J connectivity index is 1.70. The highest BCUT2D eigenvalue weighted by atomic mass is 32.1. The lowest BCUT2D eigenvalue weighted by molar-refractivity contribution is 0.785. The van der Waals surface area contributed by atoms with Gasteiger partial charge in [0, 0.05) is 6.04 Å². The zero-order chi connectivity index (χ0) is 14.7. The fourth-order valence-corrected chi connectivity index (χ4v) is 3.19. The number of fused-ring (bicyclic) bond motifs is 1. The number of anilines is 1. The third kappa shape index (κ3) is 3.22. The van der Waals surface area contributed by atoms with Crippen molar-refractivity contribution in [3.63, 3.8) is 0 Å². The first-order chi connectivity index (χ1) is 10.3. The molecule has 0 aliphatic carbocycles. The number of nitrogens with one attached hydrogen (secondary N) is 1. The molecule has 4 heteroatoms. The van der Waals surface area contributed by atoms with Crippen LogP contribution in [0, 0.1) is 0 Å². The molecule has 0 saturated carbocycles. The minimum atomic E-state index is 0.329. The summed E-state index contributed by atoms with van der Waals surface area (Å²) in [6.07, 6.45) is 3.70. The smallest absolute Gasteiger partial charge is 0.138 e. The second-order valence-electron chi connectivity index (χ2n) is 5.28. The Morgan fingerprint density at radius 2 is 1.86 bits per heavy atom. The highest BCUT2D eigenvalue weighted by Gasteiger charge is 2.09. The van der Waals surface area contributed by atoms with Crippen molar-refractivity contribution in [3.05, 3.63) is 53.2 Å². The predicted octanol–water partition coefficient (Wildman–Crippen LogP) is 4.30. The second kappa shape index (κ2) is 6.22. The third-order valence-corrected chi connectivity index (χ3v) is 4.44. The van der Waals surface area contributed by atoms with E-state index >= 15 is 0 Å². The van der Waals surface area contributed by atoms with Gasteiger partial charge in [0.2, 0.25) is 0 Å². The van der Waals surface area contributed by atoms with Gasteiger partial charge in [-0.1, -0.05) is 31.2 Å². The number of hydrogen-bond donors (Lipinski definition) is 1. The van der Waals surface area contributed by atoms with Crippen molar-refractivity contribution in [2.75, 3.05) is 5.32 Å². The third-order valence-electron chi connectivity index (χ3n) is 3.62. The molecule has 0 amide bonds. The van der Waals surface area contributed by atoms with Gasteiger partial charge < -0.3 is 5.32 Å². The molecule has 21 heavy (non-hydrogen) atoms. The lowest BCUT2D eigenvalue weighted by Crippen LogP contribution is -2.19. The lowest BCUT2D eigenvalue weighted by atomic mass is 10.0. The molecule has 0 radical (unpaired) electrons. The summed E-state index contributed by atoms with van der Waals surface area (Å²) in [5.74, 6) is 0.930. The minimum absolute atomic E-state index is 0.329. The Morgan fingerprint density at radius 1 is 1.10 bits per heavy atom. The molecular formula is C17H19N3S. The van der Waals surface area contributed by atoms with E-state index in [4.69, 9.17) is 0 Å². The fraction of sp³-hybridized carbons (Fsp3) is 0.294. The van der Waals surface area contributed by atoms with Gasteiger partial charge in [-0.25, -0.2) is 9.97 Å². The van der Waals surface area contributed by atoms with Crippen molar-refractivity contribution in [1.82, 2.24) is 9.97 Å². The standard InChI is InChI=1S/C17H19N3S/c1-3-13-4-6-14(7-5-13)10-12(2)20-16-15-8-9-21-17(15)19-11-18-16/h4-9,11-12H,3,10H2,1-2H3,(H,18,19,20). The van der Waals surface area contributed by atoms with Crippen LogP contribution in [-0.4, -0.2) is 16.0 Å². The van der Waals surface area contributed by atoms with Crippen molar-refractivity contribution in [2.45, 2.75) is 32.7 Å². The van der Waals surface area contributed by atoms with Crippen molar-refractivity contribution in [1.29, 1.82) is 0 Å². The zero-order valence-corrected chi connectivity index (χ0v) is 13.2. The molecule has 1 atom stereocenters. The van der Waals surface area contributed by atoms with Gasteiger partial charge in [0.15, 0.2) is 0 Å². The van der Waals surface area contributed by atoms with Crippen molar-refractivity contribution >= 4 is 27.4 Å². The molecule has 2 heterocycles. The molecule has 0 fully saturated rings. The molecule has 3 rings (SSSR count). The molecule has 0 aliphatic heterocycles. The number of hydrogen-bond acceptors (Lipinski definition) is 4. The summed E-state index contributed by atoms with van der Waals surface area (Å²) in [6, 6.07) is 11.3. The Morgan fingerprint density at radius 3 is 2.62 bits per heavy atom. The van der Waals surface area contributed by atoms with Crippen LogP contribution in [0.2, 0.25) is 0 Å². The molecule has 2 aromatic heterocycles. The van der Waals surface area contributed by atoms with Crippen LogP contribution in [0.4, 0.5) is 5.82 Å². The van der Waals surface area contributed by atoms with Crippen LogP contribution in [0.5, 0.6) is 0 Å². The van der Waals surface area contributed by atoms with E-state index in [1.54, 1.807) is 17.7 Å². The van der Waals surface area contributed by atoms with E-state index < -0.39 is 0 Å². The van der Waals surface area contributed by atoms with Gasteiger partial charge >= 0.3 is 0 Å². The van der Waals surface area contributed by atoms with E-state index in [-0.39, 0.29) is 0 Å². The topological polar surface area (TPSA) is 37.8 Å². The van der Waals surface area contributed by atoms with Gasteiger partial charge in [-0.3, -0.25) is 0 Å². The van der Waals surface area contributed by atoms with Gasteiger partial charge in [-0.15, -0.1) is 11.3 Å². The van der Waals surface area contributed by atoms with Crippen LogP contribution < -0.4 is 5.32 Å².